The molecule has 0 aliphatic rings. The molecule has 4 heteroatoms. The third-order valence-corrected chi connectivity index (χ3v) is 4.38. The maximum Gasteiger partial charge on any atom is 0.339 e. The minimum absolute atomic E-state index is 0.0365. The Bertz CT molecular complexity index is 695. The van der Waals surface area contributed by atoms with Crippen LogP contribution in [0.4, 0.5) is 0 Å². The van der Waals surface area contributed by atoms with Crippen LogP contribution in [0.3, 0.4) is 0 Å². The minimum atomic E-state index is -1.14. The summed E-state index contributed by atoms with van der Waals surface area (Å²) >= 11 is 0. The fourth-order valence-electron chi connectivity index (χ4n) is 2.85. The molecule has 134 valence electrons. The number of carbonyl (C=O) groups is 1. The number of rotatable bonds is 9. The van der Waals surface area contributed by atoms with Crippen LogP contribution >= 0.6 is 0 Å². The average Bonchev–Trinajstić information content (AvgIpc) is 2.61. The van der Waals surface area contributed by atoms with Crippen molar-refractivity contribution in [1.82, 2.24) is 0 Å². The fourth-order valence-corrected chi connectivity index (χ4v) is 2.85. The number of benzene rings is 2. The number of carboxylic acids is 1. The second-order valence-corrected chi connectivity index (χ2v) is 6.25. The summed E-state index contributed by atoms with van der Waals surface area (Å²) in [7, 11) is 0. The van der Waals surface area contributed by atoms with E-state index in [1.807, 2.05) is 37.3 Å². The Kier molecular flexibility index (Phi) is 6.87. The summed E-state index contributed by atoms with van der Waals surface area (Å²) in [6.45, 7) is 4.72. The first kappa shape index (κ1) is 18.8. The molecule has 2 aromatic rings. The van der Waals surface area contributed by atoms with E-state index in [1.54, 1.807) is 0 Å². The van der Waals surface area contributed by atoms with E-state index in [2.05, 4.69) is 6.92 Å². The predicted molar refractivity (Wildman–Crippen MR) is 98.7 cm³/mol. The highest BCUT2D eigenvalue weighted by Gasteiger charge is 2.20. The lowest BCUT2D eigenvalue weighted by Gasteiger charge is -2.19. The zero-order valence-electron chi connectivity index (χ0n) is 14.9. The molecule has 0 aliphatic carbocycles. The normalized spacial score (nSPS) is 11.9. The molecule has 2 N–H and O–H groups in total. The van der Waals surface area contributed by atoms with Crippen molar-refractivity contribution in [1.29, 1.82) is 0 Å². The molecule has 0 heterocycles. The van der Waals surface area contributed by atoms with E-state index in [-0.39, 0.29) is 17.2 Å². The van der Waals surface area contributed by atoms with Crippen LogP contribution in [0.25, 0.3) is 0 Å². The van der Waals surface area contributed by atoms with Crippen LogP contribution in [-0.4, -0.2) is 22.8 Å². The van der Waals surface area contributed by atoms with Crippen LogP contribution < -0.4 is 4.74 Å². The Morgan fingerprint density at radius 1 is 1.12 bits per heavy atom. The molecule has 4 nitrogen and oxygen atoms in total. The molecule has 1 unspecified atom stereocenters. The van der Waals surface area contributed by atoms with Gasteiger partial charge in [-0.05, 0) is 18.1 Å². The van der Waals surface area contributed by atoms with Crippen molar-refractivity contribution in [3.8, 4) is 11.5 Å². The molecular weight excluding hydrogens is 316 g/mol. The summed E-state index contributed by atoms with van der Waals surface area (Å²) in [5, 5.41) is 19.3. The summed E-state index contributed by atoms with van der Waals surface area (Å²) in [4.78, 5) is 11.4. The Morgan fingerprint density at radius 3 is 2.48 bits per heavy atom. The third-order valence-electron chi connectivity index (χ3n) is 4.38. The van der Waals surface area contributed by atoms with Crippen LogP contribution in [-0.2, 0) is 0 Å². The molecule has 1 atom stereocenters. The lowest BCUT2D eigenvalue weighted by Crippen LogP contribution is -2.07. The Balaban J connectivity index is 2.30. The zero-order chi connectivity index (χ0) is 18.2. The van der Waals surface area contributed by atoms with E-state index in [1.165, 1.54) is 18.6 Å². The number of unbranched alkanes of at least 4 members (excludes halogenated alkanes) is 3. The molecule has 0 fully saturated rings. The van der Waals surface area contributed by atoms with Gasteiger partial charge in [-0.2, -0.15) is 0 Å². The molecule has 0 spiro atoms. The Labute approximate surface area is 149 Å². The maximum absolute atomic E-state index is 11.4. The first-order valence-corrected chi connectivity index (χ1v) is 8.82. The summed E-state index contributed by atoms with van der Waals surface area (Å²) in [5.41, 5.74) is 1.74. The summed E-state index contributed by atoms with van der Waals surface area (Å²) in [6, 6.07) is 12.8. The monoisotopic (exact) mass is 342 g/mol. The lowest BCUT2D eigenvalue weighted by molar-refractivity contribution is 0.0693. The first-order valence-electron chi connectivity index (χ1n) is 8.82. The van der Waals surface area contributed by atoms with Gasteiger partial charge in [-0.25, -0.2) is 4.79 Å². The largest absolute Gasteiger partial charge is 0.507 e. The molecule has 0 saturated heterocycles. The van der Waals surface area contributed by atoms with Crippen molar-refractivity contribution < 1.29 is 19.7 Å². The average molecular weight is 342 g/mol. The number of carboxylic acid groups (broad SMARTS) is 1. The van der Waals surface area contributed by atoms with Gasteiger partial charge in [0.1, 0.15) is 17.1 Å². The number of hydrogen-bond acceptors (Lipinski definition) is 3. The molecule has 2 rings (SSSR count). The highest BCUT2D eigenvalue weighted by atomic mass is 16.5. The third kappa shape index (κ3) is 4.99. The van der Waals surface area contributed by atoms with E-state index < -0.39 is 5.97 Å². The van der Waals surface area contributed by atoms with Crippen molar-refractivity contribution in [2.45, 2.75) is 45.4 Å². The van der Waals surface area contributed by atoms with E-state index in [4.69, 9.17) is 4.74 Å². The number of hydrogen-bond donors (Lipinski definition) is 2. The standard InChI is InChI=1S/C21H26O4/c1-3-4-5-9-12-25-20-14-19(22)18(21(23)24)13-17(20)15(2)16-10-7-6-8-11-16/h6-8,10-11,13-15,22H,3-5,9,12H2,1-2H3,(H,23,24). The molecule has 0 radical (unpaired) electrons. The van der Waals surface area contributed by atoms with Gasteiger partial charge in [0.15, 0.2) is 0 Å². The van der Waals surface area contributed by atoms with Crippen molar-refractivity contribution in [3.63, 3.8) is 0 Å². The second-order valence-electron chi connectivity index (χ2n) is 6.25. The maximum atomic E-state index is 11.4. The van der Waals surface area contributed by atoms with E-state index >= 15 is 0 Å². The van der Waals surface area contributed by atoms with Crippen molar-refractivity contribution in [2.75, 3.05) is 6.61 Å². The van der Waals surface area contributed by atoms with Crippen LogP contribution in [0.1, 0.15) is 66.9 Å². The van der Waals surface area contributed by atoms with Gasteiger partial charge in [-0.3, -0.25) is 0 Å². The molecule has 0 bridgehead atoms. The fraction of sp³-hybridized carbons (Fsp3) is 0.381. The molecule has 25 heavy (non-hydrogen) atoms. The van der Waals surface area contributed by atoms with Crippen LogP contribution in [0.2, 0.25) is 0 Å². The SMILES string of the molecule is CCCCCCOc1cc(O)c(C(=O)O)cc1C(C)c1ccccc1. The van der Waals surface area contributed by atoms with Gasteiger partial charge in [0.05, 0.1) is 6.61 Å². The molecule has 0 aliphatic heterocycles. The minimum Gasteiger partial charge on any atom is -0.507 e. The molecule has 0 saturated carbocycles. The summed E-state index contributed by atoms with van der Waals surface area (Å²) in [5.74, 6) is -0.894. The van der Waals surface area contributed by atoms with E-state index in [0.717, 1.165) is 30.4 Å². The highest BCUT2D eigenvalue weighted by Crippen LogP contribution is 2.36. The smallest absolute Gasteiger partial charge is 0.339 e. The van der Waals surface area contributed by atoms with Crippen LogP contribution in [0.15, 0.2) is 42.5 Å². The van der Waals surface area contributed by atoms with Crippen LogP contribution in [0, 0.1) is 0 Å². The quantitative estimate of drug-likeness (QED) is 0.615. The number of aromatic carboxylic acids is 1. The first-order chi connectivity index (χ1) is 12.0. The topological polar surface area (TPSA) is 66.8 Å². The van der Waals surface area contributed by atoms with Gasteiger partial charge >= 0.3 is 5.97 Å². The molecule has 0 aromatic heterocycles. The van der Waals surface area contributed by atoms with Gasteiger partial charge in [0.2, 0.25) is 0 Å². The Hall–Kier alpha value is -2.49. The zero-order valence-corrected chi connectivity index (χ0v) is 14.9. The van der Waals surface area contributed by atoms with Gasteiger partial charge in [-0.1, -0.05) is 63.4 Å². The molecule has 2 aromatic carbocycles. The van der Waals surface area contributed by atoms with Crippen molar-refractivity contribution in [2.24, 2.45) is 0 Å². The molecular formula is C21H26O4. The highest BCUT2D eigenvalue weighted by molar-refractivity contribution is 5.91. The predicted octanol–water partition coefficient (Wildman–Crippen LogP) is 5.20. The van der Waals surface area contributed by atoms with Crippen molar-refractivity contribution in [3.05, 3.63) is 59.2 Å². The van der Waals surface area contributed by atoms with Gasteiger partial charge in [0, 0.05) is 17.5 Å². The van der Waals surface area contributed by atoms with E-state index in [0.29, 0.717) is 12.4 Å². The van der Waals surface area contributed by atoms with Crippen LogP contribution in [0.5, 0.6) is 11.5 Å². The Morgan fingerprint density at radius 2 is 1.84 bits per heavy atom. The summed E-state index contributed by atoms with van der Waals surface area (Å²) < 4.78 is 5.89. The van der Waals surface area contributed by atoms with Crippen molar-refractivity contribution >= 4 is 5.97 Å². The van der Waals surface area contributed by atoms with E-state index in [9.17, 15) is 15.0 Å². The number of aromatic hydroxyl groups is 1. The van der Waals surface area contributed by atoms with Gasteiger partial charge in [-0.15, -0.1) is 0 Å². The number of phenols is 1. The lowest BCUT2D eigenvalue weighted by atomic mass is 9.91. The van der Waals surface area contributed by atoms with Gasteiger partial charge < -0.3 is 14.9 Å². The molecule has 0 amide bonds. The summed E-state index contributed by atoms with van der Waals surface area (Å²) in [6.07, 6.45) is 4.36. The number of ether oxygens (including phenoxy) is 1. The van der Waals surface area contributed by atoms with Gasteiger partial charge in [0.25, 0.3) is 0 Å². The second kappa shape index (κ2) is 9.11.